The van der Waals surface area contributed by atoms with Crippen molar-refractivity contribution < 1.29 is 14.3 Å². The fourth-order valence-corrected chi connectivity index (χ4v) is 6.40. The first-order valence-corrected chi connectivity index (χ1v) is 13.6. The van der Waals surface area contributed by atoms with Crippen LogP contribution in [0.25, 0.3) is 0 Å². The highest BCUT2D eigenvalue weighted by atomic mass is 16.5. The Labute approximate surface area is 224 Å². The van der Waals surface area contributed by atoms with E-state index in [1.54, 1.807) is 7.11 Å². The van der Waals surface area contributed by atoms with E-state index >= 15 is 0 Å². The van der Waals surface area contributed by atoms with E-state index in [-0.39, 0.29) is 23.9 Å². The van der Waals surface area contributed by atoms with Crippen LogP contribution in [0.1, 0.15) is 57.4 Å². The van der Waals surface area contributed by atoms with E-state index in [4.69, 9.17) is 4.74 Å². The number of rotatable bonds is 5. The van der Waals surface area contributed by atoms with Crippen molar-refractivity contribution in [3.8, 4) is 5.75 Å². The lowest BCUT2D eigenvalue weighted by Crippen LogP contribution is -2.54. The number of benzene rings is 3. The van der Waals surface area contributed by atoms with Crippen molar-refractivity contribution in [2.75, 3.05) is 38.2 Å². The molecule has 3 aromatic rings. The molecular formula is C32H35N3O3. The molecule has 3 aromatic carbocycles. The molecule has 1 saturated heterocycles. The van der Waals surface area contributed by atoms with Crippen LogP contribution in [0.15, 0.2) is 66.7 Å². The zero-order valence-corrected chi connectivity index (χ0v) is 22.4. The number of amides is 2. The Hall–Kier alpha value is -3.80. The summed E-state index contributed by atoms with van der Waals surface area (Å²) in [7, 11) is 1.65. The molecule has 0 N–H and O–H groups in total. The Bertz CT molecular complexity index is 1350. The molecule has 1 aliphatic carbocycles. The van der Waals surface area contributed by atoms with Crippen molar-refractivity contribution in [3.63, 3.8) is 0 Å². The number of nitrogens with zero attached hydrogens (tertiary/aromatic N) is 3. The number of carbonyl (C=O) groups is 2. The molecular weight excluding hydrogens is 474 g/mol. The number of ether oxygens (including phenoxy) is 1. The van der Waals surface area contributed by atoms with Crippen LogP contribution in [0, 0.1) is 13.8 Å². The Morgan fingerprint density at radius 3 is 2.24 bits per heavy atom. The second kappa shape index (κ2) is 9.82. The molecule has 2 amide bonds. The average molecular weight is 510 g/mol. The maximum atomic E-state index is 14.5. The lowest BCUT2D eigenvalue weighted by molar-refractivity contribution is -0.135. The Balaban J connectivity index is 1.36. The number of carbonyl (C=O) groups excluding carboxylic acids is 2. The summed E-state index contributed by atoms with van der Waals surface area (Å²) in [6.45, 7) is 7.21. The Morgan fingerprint density at radius 1 is 0.868 bits per heavy atom. The first-order valence-electron chi connectivity index (χ1n) is 13.6. The number of piperazine rings is 1. The summed E-state index contributed by atoms with van der Waals surface area (Å²) in [5, 5.41) is 0. The normalized spacial score (nSPS) is 21.3. The van der Waals surface area contributed by atoms with E-state index < -0.39 is 5.92 Å². The standard InChI is InChI=1S/C32H35N3O3/c1-21-8-6-9-22(2)29(21)33-16-18-34(19-17-33)32(37)28-26-12-4-5-13-27(26)31(36)35(24-14-15-24)30(28)23-10-7-11-25(20-23)38-3/h4-13,20,24,28,30H,14-19H2,1-3H3. The van der Waals surface area contributed by atoms with E-state index in [9.17, 15) is 9.59 Å². The predicted octanol–water partition coefficient (Wildman–Crippen LogP) is 5.10. The van der Waals surface area contributed by atoms with Gasteiger partial charge in [0, 0.05) is 43.5 Å². The van der Waals surface area contributed by atoms with Crippen LogP contribution in [0.4, 0.5) is 5.69 Å². The highest BCUT2D eigenvalue weighted by Gasteiger charge is 2.50. The Kier molecular flexibility index (Phi) is 6.34. The molecule has 2 heterocycles. The molecule has 196 valence electrons. The van der Waals surface area contributed by atoms with Crippen molar-refractivity contribution in [3.05, 3.63) is 94.5 Å². The fraction of sp³-hybridized carbons (Fsp3) is 0.375. The third-order valence-corrected chi connectivity index (χ3v) is 8.36. The van der Waals surface area contributed by atoms with Crippen molar-refractivity contribution >= 4 is 17.5 Å². The number of fused-ring (bicyclic) bond motifs is 1. The van der Waals surface area contributed by atoms with Gasteiger partial charge in [0.25, 0.3) is 5.91 Å². The second-order valence-electron chi connectivity index (χ2n) is 10.8. The Morgan fingerprint density at radius 2 is 1.55 bits per heavy atom. The van der Waals surface area contributed by atoms with Crippen LogP contribution in [-0.4, -0.2) is 60.9 Å². The van der Waals surface area contributed by atoms with Crippen molar-refractivity contribution in [1.82, 2.24) is 9.80 Å². The molecule has 0 spiro atoms. The van der Waals surface area contributed by atoms with Gasteiger partial charge in [-0.2, -0.15) is 0 Å². The molecule has 6 nitrogen and oxygen atoms in total. The molecule has 0 bridgehead atoms. The molecule has 2 unspecified atom stereocenters. The van der Waals surface area contributed by atoms with Gasteiger partial charge in [-0.1, -0.05) is 48.5 Å². The number of para-hydroxylation sites is 1. The average Bonchev–Trinajstić information content (AvgIpc) is 3.78. The maximum Gasteiger partial charge on any atom is 0.254 e. The maximum absolute atomic E-state index is 14.5. The van der Waals surface area contributed by atoms with Crippen LogP contribution < -0.4 is 9.64 Å². The van der Waals surface area contributed by atoms with Crippen LogP contribution in [-0.2, 0) is 4.79 Å². The topological polar surface area (TPSA) is 53.1 Å². The van der Waals surface area contributed by atoms with Gasteiger partial charge in [-0.3, -0.25) is 9.59 Å². The van der Waals surface area contributed by atoms with Crippen molar-refractivity contribution in [2.24, 2.45) is 0 Å². The largest absolute Gasteiger partial charge is 0.497 e. The van der Waals surface area contributed by atoms with E-state index in [1.165, 1.54) is 16.8 Å². The van der Waals surface area contributed by atoms with Crippen LogP contribution in [0.3, 0.4) is 0 Å². The van der Waals surface area contributed by atoms with Gasteiger partial charge in [-0.15, -0.1) is 0 Å². The summed E-state index contributed by atoms with van der Waals surface area (Å²) >= 11 is 0. The summed E-state index contributed by atoms with van der Waals surface area (Å²) in [5.41, 5.74) is 6.26. The minimum Gasteiger partial charge on any atom is -0.497 e. The number of aryl methyl sites for hydroxylation is 2. The number of hydrogen-bond acceptors (Lipinski definition) is 4. The van der Waals surface area contributed by atoms with Gasteiger partial charge >= 0.3 is 0 Å². The zero-order valence-electron chi connectivity index (χ0n) is 22.4. The lowest BCUT2D eigenvalue weighted by atomic mass is 9.78. The van der Waals surface area contributed by atoms with Crippen LogP contribution >= 0.6 is 0 Å². The minimum absolute atomic E-state index is 0.0276. The van der Waals surface area contributed by atoms with Crippen molar-refractivity contribution in [1.29, 1.82) is 0 Å². The van der Waals surface area contributed by atoms with Crippen molar-refractivity contribution in [2.45, 2.75) is 44.7 Å². The van der Waals surface area contributed by atoms with Gasteiger partial charge in [0.15, 0.2) is 0 Å². The van der Waals surface area contributed by atoms with E-state index in [0.29, 0.717) is 18.7 Å². The van der Waals surface area contributed by atoms with Gasteiger partial charge in [-0.05, 0) is 67.1 Å². The predicted molar refractivity (Wildman–Crippen MR) is 149 cm³/mol. The third-order valence-electron chi connectivity index (χ3n) is 8.36. The van der Waals surface area contributed by atoms with Gasteiger partial charge in [0.2, 0.25) is 5.91 Å². The first-order chi connectivity index (χ1) is 18.5. The summed E-state index contributed by atoms with van der Waals surface area (Å²) in [6, 6.07) is 21.8. The summed E-state index contributed by atoms with van der Waals surface area (Å²) in [5.74, 6) is 0.408. The van der Waals surface area contributed by atoms with E-state index in [2.05, 4.69) is 36.9 Å². The summed E-state index contributed by atoms with van der Waals surface area (Å²) < 4.78 is 5.53. The molecule has 3 aliphatic rings. The van der Waals surface area contributed by atoms with Gasteiger partial charge in [-0.25, -0.2) is 0 Å². The lowest BCUT2D eigenvalue weighted by Gasteiger charge is -2.45. The SMILES string of the molecule is COc1cccc(C2C(C(=O)N3CCN(c4c(C)cccc4C)CC3)c3ccccc3C(=O)N2C2CC2)c1. The molecule has 2 fully saturated rings. The van der Waals surface area contributed by atoms with E-state index in [0.717, 1.165) is 42.8 Å². The molecule has 1 saturated carbocycles. The van der Waals surface area contributed by atoms with Gasteiger partial charge < -0.3 is 19.4 Å². The quantitative estimate of drug-likeness (QED) is 0.480. The van der Waals surface area contributed by atoms with Gasteiger partial charge in [0.05, 0.1) is 19.1 Å². The third kappa shape index (κ3) is 4.22. The molecule has 2 aliphatic heterocycles. The minimum atomic E-state index is -0.455. The molecule has 0 aromatic heterocycles. The van der Waals surface area contributed by atoms with Crippen LogP contribution in [0.2, 0.25) is 0 Å². The van der Waals surface area contributed by atoms with Crippen LogP contribution in [0.5, 0.6) is 5.75 Å². The first kappa shape index (κ1) is 24.5. The second-order valence-corrected chi connectivity index (χ2v) is 10.8. The highest BCUT2D eigenvalue weighted by Crippen LogP contribution is 2.48. The van der Waals surface area contributed by atoms with Gasteiger partial charge in [0.1, 0.15) is 5.75 Å². The highest BCUT2D eigenvalue weighted by molar-refractivity contribution is 6.01. The number of hydrogen-bond donors (Lipinski definition) is 0. The monoisotopic (exact) mass is 509 g/mol. The number of anilines is 1. The molecule has 6 rings (SSSR count). The number of methoxy groups -OCH3 is 1. The fourth-order valence-electron chi connectivity index (χ4n) is 6.40. The van der Waals surface area contributed by atoms with E-state index in [1.807, 2.05) is 58.3 Å². The molecule has 38 heavy (non-hydrogen) atoms. The zero-order chi connectivity index (χ0) is 26.4. The molecule has 6 heteroatoms. The molecule has 0 radical (unpaired) electrons. The molecule has 2 atom stereocenters. The summed E-state index contributed by atoms with van der Waals surface area (Å²) in [6.07, 6.45) is 1.95. The smallest absolute Gasteiger partial charge is 0.254 e. The summed E-state index contributed by atoms with van der Waals surface area (Å²) in [4.78, 5) is 34.7.